The molecule has 1 aromatic carbocycles. The van der Waals surface area contributed by atoms with E-state index in [0.717, 1.165) is 6.42 Å². The predicted octanol–water partition coefficient (Wildman–Crippen LogP) is 2.80. The number of nitrogens with two attached hydrogens (primary N) is 1. The molecule has 0 saturated carbocycles. The first-order chi connectivity index (χ1) is 12.4. The number of nitrogens with zero attached hydrogens (tertiary/aromatic N) is 2. The van der Waals surface area contributed by atoms with E-state index in [1.807, 2.05) is 12.1 Å². The van der Waals surface area contributed by atoms with E-state index in [1.165, 1.54) is 7.11 Å². The maximum atomic E-state index is 12.2. The number of benzene rings is 1. The Morgan fingerprint density at radius 3 is 2.50 bits per heavy atom. The fraction of sp³-hybridized carbons (Fsp3) is 0.316. The molecule has 0 fully saturated rings. The van der Waals surface area contributed by atoms with Crippen LogP contribution in [0.15, 0.2) is 23.0 Å². The number of nitrogens with one attached hydrogen (secondary N) is 1. The van der Waals surface area contributed by atoms with Crippen LogP contribution in [-0.4, -0.2) is 18.7 Å². The molecule has 7 nitrogen and oxygen atoms in total. The lowest BCUT2D eigenvalue weighted by atomic mass is 9.95. The van der Waals surface area contributed by atoms with Gasteiger partial charge < -0.3 is 20.2 Å². The summed E-state index contributed by atoms with van der Waals surface area (Å²) in [5.74, 6) is 1.15. The van der Waals surface area contributed by atoms with E-state index in [2.05, 4.69) is 18.8 Å². The second-order valence-corrected chi connectivity index (χ2v) is 6.08. The first-order valence-corrected chi connectivity index (χ1v) is 8.10. The molecule has 0 aliphatic rings. The van der Waals surface area contributed by atoms with Gasteiger partial charge in [0.25, 0.3) is 5.56 Å². The van der Waals surface area contributed by atoms with Gasteiger partial charge in [-0.1, -0.05) is 26.0 Å². The lowest BCUT2D eigenvalue weighted by Gasteiger charge is -2.17. The molecule has 0 amide bonds. The zero-order valence-electron chi connectivity index (χ0n) is 14.9. The van der Waals surface area contributed by atoms with Gasteiger partial charge >= 0.3 is 0 Å². The van der Waals surface area contributed by atoms with Crippen LogP contribution >= 0.6 is 0 Å². The Labute approximate surface area is 151 Å². The van der Waals surface area contributed by atoms with Gasteiger partial charge in [-0.2, -0.15) is 10.5 Å². The molecule has 1 heterocycles. The van der Waals surface area contributed by atoms with Gasteiger partial charge in [-0.05, 0) is 18.4 Å². The Morgan fingerprint density at radius 1 is 1.23 bits per heavy atom. The van der Waals surface area contributed by atoms with Crippen molar-refractivity contribution in [3.05, 3.63) is 39.7 Å². The smallest absolute Gasteiger partial charge is 0.268 e. The van der Waals surface area contributed by atoms with Crippen LogP contribution < -0.4 is 20.8 Å². The van der Waals surface area contributed by atoms with Crippen molar-refractivity contribution in [3.8, 4) is 34.8 Å². The number of hydrogen-bond donors (Lipinski definition) is 2. The highest BCUT2D eigenvalue weighted by Crippen LogP contribution is 2.41. The second kappa shape index (κ2) is 8.09. The van der Waals surface area contributed by atoms with Crippen LogP contribution in [0.5, 0.6) is 11.5 Å². The summed E-state index contributed by atoms with van der Waals surface area (Å²) in [6.07, 6.45) is 0.811. The highest BCUT2D eigenvalue weighted by molar-refractivity contribution is 5.84. The number of nitriles is 2. The topological polar surface area (TPSA) is 125 Å². The number of nitrogen functional groups attached to an aromatic ring is 1. The van der Waals surface area contributed by atoms with Crippen LogP contribution in [0.3, 0.4) is 0 Å². The molecule has 0 bridgehead atoms. The summed E-state index contributed by atoms with van der Waals surface area (Å²) in [4.78, 5) is 14.5. The quantitative estimate of drug-likeness (QED) is 0.823. The van der Waals surface area contributed by atoms with Gasteiger partial charge in [0.05, 0.1) is 13.7 Å². The highest BCUT2D eigenvalue weighted by Gasteiger charge is 2.23. The first-order valence-electron chi connectivity index (χ1n) is 8.10. The van der Waals surface area contributed by atoms with Crippen molar-refractivity contribution in [2.45, 2.75) is 20.3 Å². The molecule has 0 radical (unpaired) electrons. The van der Waals surface area contributed by atoms with E-state index in [0.29, 0.717) is 29.6 Å². The largest absolute Gasteiger partial charge is 0.493 e. The molecule has 26 heavy (non-hydrogen) atoms. The number of rotatable bonds is 6. The fourth-order valence-corrected chi connectivity index (χ4v) is 2.53. The van der Waals surface area contributed by atoms with Gasteiger partial charge in [0.1, 0.15) is 29.1 Å². The van der Waals surface area contributed by atoms with Crippen LogP contribution in [0, 0.1) is 28.6 Å². The first kappa shape index (κ1) is 18.9. The van der Waals surface area contributed by atoms with Crippen molar-refractivity contribution in [3.63, 3.8) is 0 Å². The van der Waals surface area contributed by atoms with Crippen LogP contribution in [-0.2, 0) is 0 Å². The lowest BCUT2D eigenvalue weighted by molar-refractivity contribution is 0.274. The monoisotopic (exact) mass is 352 g/mol. The van der Waals surface area contributed by atoms with Crippen molar-refractivity contribution < 1.29 is 9.47 Å². The van der Waals surface area contributed by atoms with Crippen LogP contribution in [0.25, 0.3) is 11.1 Å². The minimum Gasteiger partial charge on any atom is -0.493 e. The second-order valence-electron chi connectivity index (χ2n) is 6.08. The van der Waals surface area contributed by atoms with Crippen molar-refractivity contribution in [2.75, 3.05) is 19.5 Å². The summed E-state index contributed by atoms with van der Waals surface area (Å²) in [6, 6.07) is 8.90. The molecule has 0 aliphatic heterocycles. The standard InChI is InChI=1S/C19H20N4O3/c1-11(2)7-8-26-17-12(5-4-6-15(17)25-3)16-13(9-20)18(22)23-19(24)14(16)10-21/h4-6,11H,7-8H2,1-3H3,(H3,22,23,24). The molecule has 0 saturated heterocycles. The third-order valence-electron chi connectivity index (χ3n) is 3.88. The molecule has 3 N–H and O–H groups in total. The summed E-state index contributed by atoms with van der Waals surface area (Å²) in [6.45, 7) is 4.57. The Hall–Kier alpha value is -3.45. The number of methoxy groups -OCH3 is 1. The van der Waals surface area contributed by atoms with E-state index in [-0.39, 0.29) is 22.5 Å². The molecule has 2 rings (SSSR count). The van der Waals surface area contributed by atoms with Gasteiger partial charge in [0.15, 0.2) is 11.5 Å². The third-order valence-corrected chi connectivity index (χ3v) is 3.88. The highest BCUT2D eigenvalue weighted by atomic mass is 16.5. The summed E-state index contributed by atoms with van der Waals surface area (Å²) < 4.78 is 11.3. The Kier molecular flexibility index (Phi) is 5.87. The molecule has 134 valence electrons. The van der Waals surface area contributed by atoms with E-state index >= 15 is 0 Å². The lowest BCUT2D eigenvalue weighted by Crippen LogP contribution is -2.16. The maximum Gasteiger partial charge on any atom is 0.268 e. The molecule has 0 aliphatic carbocycles. The van der Waals surface area contributed by atoms with Crippen LogP contribution in [0.1, 0.15) is 31.4 Å². The van der Waals surface area contributed by atoms with Crippen LogP contribution in [0.4, 0.5) is 5.82 Å². The SMILES string of the molecule is COc1cccc(-c2c(C#N)c(N)[nH]c(=O)c2C#N)c1OCCC(C)C. The number of ether oxygens (including phenoxy) is 2. The van der Waals surface area contributed by atoms with E-state index in [1.54, 1.807) is 18.2 Å². The average molecular weight is 352 g/mol. The minimum absolute atomic E-state index is 0.0168. The number of aromatic amines is 1. The number of H-pyrrole nitrogens is 1. The van der Waals surface area contributed by atoms with Gasteiger partial charge in [-0.25, -0.2) is 0 Å². The zero-order valence-corrected chi connectivity index (χ0v) is 14.9. The van der Waals surface area contributed by atoms with Crippen molar-refractivity contribution in [1.29, 1.82) is 10.5 Å². The molecular weight excluding hydrogens is 332 g/mol. The molecule has 0 spiro atoms. The normalized spacial score (nSPS) is 10.2. The number of pyridine rings is 1. The summed E-state index contributed by atoms with van der Waals surface area (Å²) >= 11 is 0. The fourth-order valence-electron chi connectivity index (χ4n) is 2.53. The zero-order chi connectivity index (χ0) is 19.3. The molecule has 7 heteroatoms. The Bertz CT molecular complexity index is 949. The minimum atomic E-state index is -0.657. The van der Waals surface area contributed by atoms with Crippen LogP contribution in [0.2, 0.25) is 0 Å². The summed E-state index contributed by atoms with van der Waals surface area (Å²) in [5.41, 5.74) is 5.52. The molecule has 2 aromatic rings. The average Bonchev–Trinajstić information content (AvgIpc) is 2.61. The Balaban J connectivity index is 2.75. The molecule has 0 unspecified atom stereocenters. The summed E-state index contributed by atoms with van der Waals surface area (Å²) in [7, 11) is 1.50. The molecular formula is C19H20N4O3. The number of hydrogen-bond acceptors (Lipinski definition) is 6. The van der Waals surface area contributed by atoms with E-state index < -0.39 is 5.56 Å². The number of para-hydroxylation sites is 1. The van der Waals surface area contributed by atoms with Gasteiger partial charge in [-0.3, -0.25) is 4.79 Å². The predicted molar refractivity (Wildman–Crippen MR) is 97.8 cm³/mol. The number of aromatic nitrogens is 1. The van der Waals surface area contributed by atoms with Crippen molar-refractivity contribution in [2.24, 2.45) is 5.92 Å². The molecule has 0 atom stereocenters. The van der Waals surface area contributed by atoms with Gasteiger partial charge in [-0.15, -0.1) is 0 Å². The van der Waals surface area contributed by atoms with E-state index in [4.69, 9.17) is 15.2 Å². The maximum absolute atomic E-state index is 12.2. The number of anilines is 1. The Morgan fingerprint density at radius 2 is 1.92 bits per heavy atom. The van der Waals surface area contributed by atoms with Gasteiger partial charge in [0, 0.05) is 11.1 Å². The summed E-state index contributed by atoms with van der Waals surface area (Å²) in [5, 5.41) is 18.9. The third kappa shape index (κ3) is 3.62. The van der Waals surface area contributed by atoms with Crippen molar-refractivity contribution in [1.82, 2.24) is 4.98 Å². The van der Waals surface area contributed by atoms with Gasteiger partial charge in [0.2, 0.25) is 0 Å². The van der Waals surface area contributed by atoms with E-state index in [9.17, 15) is 15.3 Å². The van der Waals surface area contributed by atoms with Crippen molar-refractivity contribution >= 4 is 5.82 Å². The molecule has 1 aromatic heterocycles.